The van der Waals surface area contributed by atoms with Gasteiger partial charge in [-0.25, -0.2) is 9.67 Å². The summed E-state index contributed by atoms with van der Waals surface area (Å²) in [5.74, 6) is 1.26. The number of nitrogen functional groups attached to an aromatic ring is 1. The zero-order chi connectivity index (χ0) is 22.8. The summed E-state index contributed by atoms with van der Waals surface area (Å²) in [7, 11) is 0. The Morgan fingerprint density at radius 1 is 1.28 bits per heavy atom. The summed E-state index contributed by atoms with van der Waals surface area (Å²) in [5.41, 5.74) is 8.00. The van der Waals surface area contributed by atoms with E-state index in [9.17, 15) is 4.79 Å². The third-order valence-electron chi connectivity index (χ3n) is 5.86. The Labute approximate surface area is 187 Å². The number of carbonyl (C=O) groups excluding carboxylic acids is 1. The fraction of sp³-hybridized carbons (Fsp3) is 0.571. The molecule has 4 heterocycles. The van der Waals surface area contributed by atoms with Crippen molar-refractivity contribution in [1.29, 1.82) is 0 Å². The number of rotatable bonds is 7. The van der Waals surface area contributed by atoms with Crippen molar-refractivity contribution in [1.82, 2.24) is 34.2 Å². The Hall–Kier alpha value is -3.21. The summed E-state index contributed by atoms with van der Waals surface area (Å²) in [6, 6.07) is 2.70. The molecule has 0 radical (unpaired) electrons. The van der Waals surface area contributed by atoms with Crippen LogP contribution in [0.4, 0.5) is 17.6 Å². The van der Waals surface area contributed by atoms with Crippen LogP contribution >= 0.6 is 0 Å². The first kappa shape index (κ1) is 22.0. The molecule has 32 heavy (non-hydrogen) atoms. The Kier molecular flexibility index (Phi) is 6.26. The van der Waals surface area contributed by atoms with Gasteiger partial charge in [-0.05, 0) is 40.5 Å². The van der Waals surface area contributed by atoms with Crippen LogP contribution in [-0.2, 0) is 17.9 Å². The zero-order valence-electron chi connectivity index (χ0n) is 19.2. The topological polar surface area (TPSA) is 132 Å². The number of amides is 1. The second-order valence-electron chi connectivity index (χ2n) is 8.56. The molecule has 0 bridgehead atoms. The van der Waals surface area contributed by atoms with Crippen LogP contribution in [-0.4, -0.2) is 65.3 Å². The van der Waals surface area contributed by atoms with E-state index in [1.54, 1.807) is 15.6 Å². The summed E-state index contributed by atoms with van der Waals surface area (Å²) >= 11 is 0. The molecule has 0 spiro atoms. The summed E-state index contributed by atoms with van der Waals surface area (Å²) in [5, 5.41) is 10.8. The average molecular weight is 441 g/mol. The van der Waals surface area contributed by atoms with Crippen molar-refractivity contribution >= 4 is 34.7 Å². The van der Waals surface area contributed by atoms with E-state index in [4.69, 9.17) is 5.73 Å². The molecule has 0 unspecified atom stereocenters. The van der Waals surface area contributed by atoms with Gasteiger partial charge in [-0.3, -0.25) is 4.79 Å². The number of fused-ring (bicyclic) bond motifs is 1. The highest BCUT2D eigenvalue weighted by molar-refractivity contribution is 5.91. The third kappa shape index (κ3) is 4.67. The van der Waals surface area contributed by atoms with Gasteiger partial charge in [-0.1, -0.05) is 0 Å². The summed E-state index contributed by atoms with van der Waals surface area (Å²) < 4.78 is 3.45. The highest BCUT2D eigenvalue weighted by Crippen LogP contribution is 2.23. The Morgan fingerprint density at radius 2 is 2.03 bits per heavy atom. The minimum Gasteiger partial charge on any atom is -0.368 e. The predicted molar refractivity (Wildman–Crippen MR) is 124 cm³/mol. The molecule has 0 saturated carbocycles. The van der Waals surface area contributed by atoms with Gasteiger partial charge in [0.15, 0.2) is 17.0 Å². The number of aromatic nitrogens is 6. The van der Waals surface area contributed by atoms with Crippen molar-refractivity contribution < 1.29 is 4.79 Å². The highest BCUT2D eigenvalue weighted by Gasteiger charge is 2.23. The normalized spacial score (nSPS) is 15.5. The number of imidazole rings is 1. The molecule has 3 aromatic rings. The van der Waals surface area contributed by atoms with E-state index in [1.807, 2.05) is 19.9 Å². The van der Waals surface area contributed by atoms with Gasteiger partial charge < -0.3 is 25.8 Å². The molecular formula is C21H32N10O. The number of carbonyl (C=O) groups is 1. The molecule has 0 atom stereocenters. The zero-order valence-corrected chi connectivity index (χ0v) is 19.2. The quantitative estimate of drug-likeness (QED) is 0.507. The van der Waals surface area contributed by atoms with Crippen LogP contribution in [0.2, 0.25) is 0 Å². The van der Waals surface area contributed by atoms with Crippen molar-refractivity contribution in [2.24, 2.45) is 0 Å². The summed E-state index contributed by atoms with van der Waals surface area (Å²) in [4.78, 5) is 28.4. The minimum atomic E-state index is -0.188. The van der Waals surface area contributed by atoms with Crippen molar-refractivity contribution in [3.05, 3.63) is 18.1 Å². The van der Waals surface area contributed by atoms with E-state index in [2.05, 4.69) is 49.4 Å². The highest BCUT2D eigenvalue weighted by atomic mass is 16.2. The van der Waals surface area contributed by atoms with Crippen molar-refractivity contribution in [3.8, 4) is 0 Å². The maximum atomic E-state index is 12.7. The lowest BCUT2D eigenvalue weighted by Crippen LogP contribution is -2.42. The molecule has 4 rings (SSSR count). The molecule has 172 valence electrons. The van der Waals surface area contributed by atoms with Crippen LogP contribution in [0.1, 0.15) is 39.3 Å². The van der Waals surface area contributed by atoms with Gasteiger partial charge in [0.25, 0.3) is 0 Å². The van der Waals surface area contributed by atoms with Crippen molar-refractivity contribution in [2.75, 3.05) is 29.5 Å². The lowest BCUT2D eigenvalue weighted by atomic mass is 10.0. The monoisotopic (exact) mass is 440 g/mol. The van der Waals surface area contributed by atoms with Gasteiger partial charge in [0.2, 0.25) is 11.9 Å². The van der Waals surface area contributed by atoms with Gasteiger partial charge in [-0.2, -0.15) is 15.1 Å². The second-order valence-corrected chi connectivity index (χ2v) is 8.56. The largest absolute Gasteiger partial charge is 0.368 e. The standard InChI is InChI=1S/C21H32N10O/c1-5-31-16(10-14(4)28-31)25-17(32)11-30-12-23-18-19(26-21(22)27-20(18)30)24-15-6-8-29(9-7-15)13(2)3/h10,12-13,15H,5-9,11H2,1-4H3,(H,25,32)(H3,22,24,26,27). The lowest BCUT2D eigenvalue weighted by molar-refractivity contribution is -0.116. The van der Waals surface area contributed by atoms with E-state index in [-0.39, 0.29) is 18.4 Å². The number of likely N-dealkylation sites (tertiary alicyclic amines) is 1. The average Bonchev–Trinajstić information content (AvgIpc) is 3.31. The van der Waals surface area contributed by atoms with Crippen LogP contribution < -0.4 is 16.4 Å². The van der Waals surface area contributed by atoms with E-state index < -0.39 is 0 Å². The molecule has 1 aliphatic rings. The van der Waals surface area contributed by atoms with Crippen LogP contribution in [0.15, 0.2) is 12.4 Å². The fourth-order valence-electron chi connectivity index (χ4n) is 4.16. The van der Waals surface area contributed by atoms with Gasteiger partial charge in [0, 0.05) is 37.8 Å². The maximum absolute atomic E-state index is 12.7. The van der Waals surface area contributed by atoms with E-state index >= 15 is 0 Å². The third-order valence-corrected chi connectivity index (χ3v) is 5.86. The molecular weight excluding hydrogens is 408 g/mol. The number of nitrogens with two attached hydrogens (primary N) is 1. The van der Waals surface area contributed by atoms with E-state index in [0.717, 1.165) is 31.6 Å². The fourth-order valence-corrected chi connectivity index (χ4v) is 4.16. The molecule has 1 amide bonds. The van der Waals surface area contributed by atoms with Gasteiger partial charge in [-0.15, -0.1) is 0 Å². The predicted octanol–water partition coefficient (Wildman–Crippen LogP) is 1.86. The van der Waals surface area contributed by atoms with Gasteiger partial charge in [0.05, 0.1) is 12.0 Å². The van der Waals surface area contributed by atoms with E-state index in [0.29, 0.717) is 41.4 Å². The van der Waals surface area contributed by atoms with Crippen LogP contribution in [0.3, 0.4) is 0 Å². The first-order valence-electron chi connectivity index (χ1n) is 11.2. The first-order chi connectivity index (χ1) is 15.3. The second kappa shape index (κ2) is 9.11. The number of piperidine rings is 1. The van der Waals surface area contributed by atoms with Crippen molar-refractivity contribution in [3.63, 3.8) is 0 Å². The van der Waals surface area contributed by atoms with E-state index in [1.165, 1.54) is 0 Å². The molecule has 1 fully saturated rings. The molecule has 4 N–H and O–H groups in total. The SMILES string of the molecule is CCn1nc(C)cc1NC(=O)Cn1cnc2c(NC3CCN(C(C)C)CC3)nc(N)nc21. The van der Waals surface area contributed by atoms with Crippen LogP contribution in [0.5, 0.6) is 0 Å². The minimum absolute atomic E-state index is 0.0626. The Balaban J connectivity index is 1.48. The molecule has 1 aliphatic heterocycles. The molecule has 11 heteroatoms. The Bertz CT molecular complexity index is 1090. The maximum Gasteiger partial charge on any atom is 0.245 e. The molecule has 11 nitrogen and oxygen atoms in total. The first-order valence-corrected chi connectivity index (χ1v) is 11.2. The smallest absolute Gasteiger partial charge is 0.245 e. The number of aryl methyl sites for hydroxylation is 2. The number of hydrogen-bond donors (Lipinski definition) is 3. The van der Waals surface area contributed by atoms with Gasteiger partial charge >= 0.3 is 0 Å². The molecule has 0 aromatic carbocycles. The van der Waals surface area contributed by atoms with Crippen LogP contribution in [0.25, 0.3) is 11.2 Å². The van der Waals surface area contributed by atoms with Crippen molar-refractivity contribution in [2.45, 2.75) is 65.7 Å². The molecule has 3 aromatic heterocycles. The number of hydrogen-bond acceptors (Lipinski definition) is 8. The van der Waals surface area contributed by atoms with Crippen LogP contribution in [0, 0.1) is 6.92 Å². The lowest BCUT2D eigenvalue weighted by Gasteiger charge is -2.35. The number of nitrogens with zero attached hydrogens (tertiary/aromatic N) is 7. The summed E-state index contributed by atoms with van der Waals surface area (Å²) in [6.45, 7) is 11.1. The Morgan fingerprint density at radius 3 is 2.72 bits per heavy atom. The summed E-state index contributed by atoms with van der Waals surface area (Å²) in [6.07, 6.45) is 3.65. The molecule has 0 aliphatic carbocycles. The van der Waals surface area contributed by atoms with Gasteiger partial charge in [0.1, 0.15) is 12.4 Å². The number of anilines is 3. The number of nitrogens with one attached hydrogen (secondary N) is 2. The molecule has 1 saturated heterocycles.